The third kappa shape index (κ3) is 4.37. The zero-order valence-corrected chi connectivity index (χ0v) is 18.8. The van der Waals surface area contributed by atoms with Gasteiger partial charge in [0, 0.05) is 30.3 Å². The van der Waals surface area contributed by atoms with Crippen molar-refractivity contribution in [3.8, 4) is 0 Å². The number of amides is 1. The van der Waals surface area contributed by atoms with Crippen LogP contribution in [-0.4, -0.2) is 44.3 Å². The van der Waals surface area contributed by atoms with Crippen LogP contribution in [-0.2, 0) is 12.0 Å². The Balaban J connectivity index is 0.00000126. The zero-order valence-electron chi connectivity index (χ0n) is 17.9. The third-order valence-corrected chi connectivity index (χ3v) is 6.13. The Morgan fingerprint density at radius 3 is 2.73 bits per heavy atom. The predicted octanol–water partition coefficient (Wildman–Crippen LogP) is 4.56. The van der Waals surface area contributed by atoms with E-state index in [9.17, 15) is 21.9 Å². The van der Waals surface area contributed by atoms with Crippen LogP contribution in [0.1, 0.15) is 54.9 Å². The first kappa shape index (κ1) is 23.3. The first-order chi connectivity index (χ1) is 15.8. The van der Waals surface area contributed by atoms with E-state index < -0.39 is 25.0 Å². The number of aromatic nitrogens is 4. The highest BCUT2D eigenvalue weighted by atomic mass is 32.2. The van der Waals surface area contributed by atoms with Crippen molar-refractivity contribution in [2.45, 2.75) is 51.2 Å². The number of nitrogens with one attached hydrogen (secondary N) is 1. The fourth-order valence-electron chi connectivity index (χ4n) is 4.05. The number of rotatable bonds is 5. The number of anilines is 1. The number of carbonyl (C=O) groups excluding carboxylic acids is 1. The molecular weight excluding hydrogens is 464 g/mol. The highest BCUT2D eigenvalue weighted by molar-refractivity contribution is 7.92. The lowest BCUT2D eigenvalue weighted by Crippen LogP contribution is -2.39. The minimum atomic E-state index is -4.37. The van der Waals surface area contributed by atoms with Gasteiger partial charge in [-0.1, -0.05) is 19.0 Å². The first-order valence-corrected chi connectivity index (χ1v) is 11.2. The van der Waals surface area contributed by atoms with Gasteiger partial charge in [-0.25, -0.2) is 13.9 Å². The van der Waals surface area contributed by atoms with Crippen LogP contribution < -0.4 is 10.2 Å². The molecule has 1 saturated carbocycles. The van der Waals surface area contributed by atoms with Gasteiger partial charge in [0.25, 0.3) is 5.91 Å². The van der Waals surface area contributed by atoms with Crippen molar-refractivity contribution < 1.29 is 26.4 Å². The zero-order chi connectivity index (χ0) is 23.8. The number of hydrogen-bond acceptors (Lipinski definition) is 7. The maximum atomic E-state index is 13.1. The van der Waals surface area contributed by atoms with E-state index in [0.717, 1.165) is 12.8 Å². The van der Waals surface area contributed by atoms with E-state index in [-0.39, 0.29) is 30.1 Å². The molecule has 0 bridgehead atoms. The molecule has 13 heteroatoms. The maximum Gasteiger partial charge on any atom is 0.390 e. The number of carbonyl (C=O) groups is 1. The van der Waals surface area contributed by atoms with Crippen LogP contribution in [0.15, 0.2) is 23.1 Å². The molecule has 0 saturated heterocycles. The molecule has 33 heavy (non-hydrogen) atoms. The molecule has 4 heterocycles. The summed E-state index contributed by atoms with van der Waals surface area (Å²) in [6.45, 7) is 4.28. The normalized spacial score (nSPS) is 16.4. The monoisotopic (exact) mass is 486 g/mol. The number of alkyl halides is 3. The molecule has 0 atom stereocenters. The van der Waals surface area contributed by atoms with Crippen LogP contribution in [0.5, 0.6) is 0 Å². The van der Waals surface area contributed by atoms with Crippen molar-refractivity contribution in [3.05, 3.63) is 35.6 Å². The molecule has 0 unspecified atom stereocenters. The van der Waals surface area contributed by atoms with E-state index in [1.54, 1.807) is 12.3 Å². The molecule has 178 valence electrons. The minimum absolute atomic E-state index is 0.0279. The summed E-state index contributed by atoms with van der Waals surface area (Å²) in [6.07, 6.45) is -0.919. The van der Waals surface area contributed by atoms with Gasteiger partial charge in [0.1, 0.15) is 12.1 Å². The number of halogens is 4. The standard InChI is InChI=1S/C18H16F4N6O2S.C2H6/c19-18(20,21)4-5-23-16(29)12-11-7-27(8-17(2-3-17)13(11)26-30-12)14-10-1-6-28(31-22)15(10)25-9-24-14;1-2/h1,6,9H,2-5,7-8H2,(H,23,29);1-2H3. The molecule has 1 fully saturated rings. The number of hydrogen-bond donors (Lipinski definition) is 1. The minimum Gasteiger partial charge on any atom is -0.350 e. The van der Waals surface area contributed by atoms with Gasteiger partial charge in [0.2, 0.25) is 5.76 Å². The molecule has 1 N–H and O–H groups in total. The Morgan fingerprint density at radius 2 is 2.06 bits per heavy atom. The maximum absolute atomic E-state index is 13.1. The fourth-order valence-corrected chi connectivity index (χ4v) is 4.37. The van der Waals surface area contributed by atoms with E-state index in [1.165, 1.54) is 10.3 Å². The van der Waals surface area contributed by atoms with Gasteiger partial charge in [-0.05, 0) is 18.9 Å². The summed E-state index contributed by atoms with van der Waals surface area (Å²) in [4.78, 5) is 22.9. The van der Waals surface area contributed by atoms with Gasteiger partial charge in [0.05, 0.1) is 24.0 Å². The molecule has 0 radical (unpaired) electrons. The van der Waals surface area contributed by atoms with Crippen LogP contribution in [0.3, 0.4) is 0 Å². The summed E-state index contributed by atoms with van der Waals surface area (Å²) in [5, 5.41) is 6.99. The molecule has 1 spiro atoms. The Kier molecular flexibility index (Phi) is 6.25. The topological polar surface area (TPSA) is 89.1 Å². The number of nitrogens with zero attached hydrogens (tertiary/aromatic N) is 5. The quantitative estimate of drug-likeness (QED) is 0.529. The van der Waals surface area contributed by atoms with Crippen LogP contribution in [0, 0.1) is 0 Å². The summed E-state index contributed by atoms with van der Waals surface area (Å²) >= 11 is 0.0279. The summed E-state index contributed by atoms with van der Waals surface area (Å²) in [7, 11) is 0. The molecule has 0 aromatic carbocycles. The van der Waals surface area contributed by atoms with E-state index >= 15 is 0 Å². The average molecular weight is 486 g/mol. The van der Waals surface area contributed by atoms with Crippen molar-refractivity contribution in [1.82, 2.24) is 24.4 Å². The fraction of sp³-hybridized carbons (Fsp3) is 0.500. The van der Waals surface area contributed by atoms with Crippen LogP contribution in [0.2, 0.25) is 0 Å². The highest BCUT2D eigenvalue weighted by Crippen LogP contribution is 2.53. The van der Waals surface area contributed by atoms with Gasteiger partial charge in [0.15, 0.2) is 18.0 Å². The van der Waals surface area contributed by atoms with Gasteiger partial charge >= 0.3 is 6.18 Å². The molecule has 3 aromatic heterocycles. The van der Waals surface area contributed by atoms with E-state index in [1.807, 2.05) is 18.7 Å². The molecular formula is C20H22F4N6O2S. The summed E-state index contributed by atoms with van der Waals surface area (Å²) in [6, 6.07) is 1.71. The summed E-state index contributed by atoms with van der Waals surface area (Å²) < 4.78 is 56.9. The second-order valence-corrected chi connectivity index (χ2v) is 8.27. The summed E-state index contributed by atoms with van der Waals surface area (Å²) in [5.74, 6) is -0.238. The SMILES string of the molecule is CC.O=C(NCCC(F)(F)F)c1onc2c1CN(c1ncnc3c1ccn3SF)CC21CC1. The molecule has 1 aliphatic carbocycles. The Labute approximate surface area is 191 Å². The molecule has 1 aliphatic heterocycles. The first-order valence-electron chi connectivity index (χ1n) is 10.5. The summed E-state index contributed by atoms with van der Waals surface area (Å²) in [5.41, 5.74) is 1.34. The van der Waals surface area contributed by atoms with Crippen LogP contribution in [0.25, 0.3) is 11.0 Å². The van der Waals surface area contributed by atoms with Gasteiger partial charge in [-0.3, -0.25) is 4.79 Å². The largest absolute Gasteiger partial charge is 0.390 e. The second-order valence-electron chi connectivity index (χ2n) is 7.74. The highest BCUT2D eigenvalue weighted by Gasteiger charge is 2.53. The molecule has 1 amide bonds. The molecule has 8 nitrogen and oxygen atoms in total. The Morgan fingerprint density at radius 1 is 1.30 bits per heavy atom. The third-order valence-electron chi connectivity index (χ3n) is 5.69. The average Bonchev–Trinajstić information content (AvgIpc) is 3.22. The van der Waals surface area contributed by atoms with Crippen LogP contribution in [0.4, 0.5) is 22.9 Å². The van der Waals surface area contributed by atoms with Crippen molar-refractivity contribution in [2.75, 3.05) is 18.0 Å². The lowest BCUT2D eigenvalue weighted by atomic mass is 9.92. The molecule has 3 aromatic rings. The van der Waals surface area contributed by atoms with Gasteiger partial charge < -0.3 is 14.7 Å². The predicted molar refractivity (Wildman–Crippen MR) is 114 cm³/mol. The van der Waals surface area contributed by atoms with E-state index in [0.29, 0.717) is 34.7 Å². The second kappa shape index (κ2) is 8.84. The van der Waals surface area contributed by atoms with E-state index in [2.05, 4.69) is 20.4 Å². The lowest BCUT2D eigenvalue weighted by Gasteiger charge is -2.33. The van der Waals surface area contributed by atoms with Gasteiger partial charge in [-0.15, -0.1) is 3.89 Å². The van der Waals surface area contributed by atoms with Crippen molar-refractivity contribution in [2.24, 2.45) is 0 Å². The van der Waals surface area contributed by atoms with Crippen molar-refractivity contribution >= 4 is 35.1 Å². The number of fused-ring (bicyclic) bond motifs is 3. The molecule has 5 rings (SSSR count). The molecule has 2 aliphatic rings. The van der Waals surface area contributed by atoms with Crippen molar-refractivity contribution in [3.63, 3.8) is 0 Å². The van der Waals surface area contributed by atoms with Crippen molar-refractivity contribution in [1.29, 1.82) is 0 Å². The smallest absolute Gasteiger partial charge is 0.350 e. The van der Waals surface area contributed by atoms with Crippen LogP contribution >= 0.6 is 12.3 Å². The Bertz CT molecular complexity index is 1160. The van der Waals surface area contributed by atoms with Gasteiger partial charge in [-0.2, -0.15) is 13.2 Å². The van der Waals surface area contributed by atoms with E-state index in [4.69, 9.17) is 4.52 Å². The lowest BCUT2D eigenvalue weighted by molar-refractivity contribution is -0.133. The Hall–Kier alpha value is -2.83.